The summed E-state index contributed by atoms with van der Waals surface area (Å²) >= 11 is 0. The van der Waals surface area contributed by atoms with Gasteiger partial charge in [-0.25, -0.2) is 4.39 Å². The fraction of sp³-hybridized carbons (Fsp3) is 0.273. The molecule has 1 fully saturated rings. The summed E-state index contributed by atoms with van der Waals surface area (Å²) in [5, 5.41) is 6.02. The Kier molecular flexibility index (Phi) is 4.66. The van der Waals surface area contributed by atoms with Gasteiger partial charge in [0.1, 0.15) is 5.82 Å². The summed E-state index contributed by atoms with van der Waals surface area (Å²) in [5.41, 5.74) is 2.32. The van der Waals surface area contributed by atoms with Gasteiger partial charge in [0.05, 0.1) is 0 Å². The van der Waals surface area contributed by atoms with Crippen molar-refractivity contribution in [2.24, 2.45) is 0 Å². The van der Waals surface area contributed by atoms with Crippen molar-refractivity contribution in [3.63, 3.8) is 0 Å². The van der Waals surface area contributed by atoms with Crippen LogP contribution in [0, 0.1) is 5.82 Å². The fourth-order valence-corrected chi connectivity index (χ4v) is 3.85. The molecule has 128 valence electrons. The summed E-state index contributed by atoms with van der Waals surface area (Å²) in [6.45, 7) is 4.04. The van der Waals surface area contributed by atoms with E-state index in [1.54, 1.807) is 12.1 Å². The number of nitrogens with one attached hydrogen (secondary N) is 1. The molecule has 3 aromatic carbocycles. The molecule has 1 atom stereocenters. The number of fused-ring (bicyclic) bond motifs is 1. The van der Waals surface area contributed by atoms with Crippen molar-refractivity contribution < 1.29 is 4.39 Å². The Hall–Kier alpha value is -2.39. The summed E-state index contributed by atoms with van der Waals surface area (Å²) in [6, 6.07) is 22.0. The predicted molar refractivity (Wildman–Crippen MR) is 103 cm³/mol. The molecule has 0 aromatic heterocycles. The van der Waals surface area contributed by atoms with E-state index in [-0.39, 0.29) is 5.82 Å². The Morgan fingerprint density at radius 3 is 2.76 bits per heavy atom. The third kappa shape index (κ3) is 3.67. The molecule has 25 heavy (non-hydrogen) atoms. The van der Waals surface area contributed by atoms with Crippen molar-refractivity contribution in [1.82, 2.24) is 4.90 Å². The molecule has 1 aliphatic heterocycles. The monoisotopic (exact) mass is 334 g/mol. The number of likely N-dealkylation sites (tertiary alicyclic amines) is 1. The maximum Gasteiger partial charge on any atom is 0.125 e. The standard InChI is InChI=1S/C22H23FN2/c23-19-7-4-8-20(15-19)24-12-14-25-13-11-18(16-25)22-10-3-6-17-5-1-2-9-21(17)22/h1-10,15,18,24H,11-14,16H2. The third-order valence-corrected chi connectivity index (χ3v) is 5.12. The number of nitrogens with zero attached hydrogens (tertiary/aromatic N) is 1. The number of anilines is 1. The normalized spacial score (nSPS) is 17.9. The molecule has 0 radical (unpaired) electrons. The van der Waals surface area contributed by atoms with Crippen LogP contribution in [-0.4, -0.2) is 31.1 Å². The lowest BCUT2D eigenvalue weighted by Crippen LogP contribution is -2.26. The molecule has 1 N–H and O–H groups in total. The van der Waals surface area contributed by atoms with Crippen LogP contribution in [0.2, 0.25) is 0 Å². The highest BCUT2D eigenvalue weighted by molar-refractivity contribution is 5.86. The van der Waals surface area contributed by atoms with Crippen LogP contribution in [0.3, 0.4) is 0 Å². The molecule has 0 aliphatic carbocycles. The Labute approximate surface area is 148 Å². The van der Waals surface area contributed by atoms with E-state index in [2.05, 4.69) is 52.7 Å². The number of rotatable bonds is 5. The quantitative estimate of drug-likeness (QED) is 0.715. The second-order valence-electron chi connectivity index (χ2n) is 6.79. The topological polar surface area (TPSA) is 15.3 Å². The molecule has 1 unspecified atom stereocenters. The van der Waals surface area contributed by atoms with E-state index in [1.807, 2.05) is 6.07 Å². The molecule has 3 aromatic rings. The zero-order valence-corrected chi connectivity index (χ0v) is 14.3. The van der Waals surface area contributed by atoms with Gasteiger partial charge in [-0.1, -0.05) is 48.5 Å². The highest BCUT2D eigenvalue weighted by atomic mass is 19.1. The second-order valence-corrected chi connectivity index (χ2v) is 6.79. The van der Waals surface area contributed by atoms with Crippen LogP contribution in [-0.2, 0) is 0 Å². The zero-order chi connectivity index (χ0) is 17.1. The first kappa shape index (κ1) is 16.1. The average molecular weight is 334 g/mol. The number of hydrogen-bond acceptors (Lipinski definition) is 2. The van der Waals surface area contributed by atoms with E-state index in [9.17, 15) is 4.39 Å². The lowest BCUT2D eigenvalue weighted by Gasteiger charge is -2.18. The van der Waals surface area contributed by atoms with Crippen molar-refractivity contribution in [3.05, 3.63) is 78.1 Å². The van der Waals surface area contributed by atoms with E-state index in [0.717, 1.165) is 31.9 Å². The minimum atomic E-state index is -0.192. The van der Waals surface area contributed by atoms with Crippen LogP contribution in [0.25, 0.3) is 10.8 Å². The molecule has 0 saturated carbocycles. The van der Waals surface area contributed by atoms with Crippen molar-refractivity contribution >= 4 is 16.5 Å². The van der Waals surface area contributed by atoms with Crippen molar-refractivity contribution in [1.29, 1.82) is 0 Å². The van der Waals surface area contributed by atoms with Gasteiger partial charge in [-0.05, 0) is 53.4 Å². The SMILES string of the molecule is Fc1cccc(NCCN2CCC(c3cccc4ccccc34)C2)c1. The first-order valence-corrected chi connectivity index (χ1v) is 8.99. The maximum atomic E-state index is 13.2. The first-order chi connectivity index (χ1) is 12.3. The van der Waals surface area contributed by atoms with E-state index < -0.39 is 0 Å². The van der Waals surface area contributed by atoms with Gasteiger partial charge in [-0.2, -0.15) is 0 Å². The smallest absolute Gasteiger partial charge is 0.125 e. The lowest BCUT2D eigenvalue weighted by atomic mass is 9.93. The fourth-order valence-electron chi connectivity index (χ4n) is 3.85. The maximum absolute atomic E-state index is 13.2. The van der Waals surface area contributed by atoms with Gasteiger partial charge in [-0.3, -0.25) is 0 Å². The van der Waals surface area contributed by atoms with E-state index in [4.69, 9.17) is 0 Å². The van der Waals surface area contributed by atoms with Crippen LogP contribution in [0.15, 0.2) is 66.7 Å². The number of benzene rings is 3. The summed E-state index contributed by atoms with van der Waals surface area (Å²) in [4.78, 5) is 2.50. The molecule has 0 bridgehead atoms. The van der Waals surface area contributed by atoms with Gasteiger partial charge in [0.25, 0.3) is 0 Å². The Morgan fingerprint density at radius 1 is 1.00 bits per heavy atom. The molecule has 1 aliphatic rings. The predicted octanol–water partition coefficient (Wildman–Crippen LogP) is 4.88. The number of halogens is 1. The van der Waals surface area contributed by atoms with E-state index >= 15 is 0 Å². The third-order valence-electron chi connectivity index (χ3n) is 5.12. The van der Waals surface area contributed by atoms with Crippen LogP contribution in [0.4, 0.5) is 10.1 Å². The van der Waals surface area contributed by atoms with Gasteiger partial charge in [-0.15, -0.1) is 0 Å². The molecule has 1 heterocycles. The minimum Gasteiger partial charge on any atom is -0.384 e. The van der Waals surface area contributed by atoms with Crippen molar-refractivity contribution in [2.75, 3.05) is 31.5 Å². The zero-order valence-electron chi connectivity index (χ0n) is 14.3. The molecule has 4 rings (SSSR count). The largest absolute Gasteiger partial charge is 0.384 e. The van der Waals surface area contributed by atoms with Crippen molar-refractivity contribution in [2.45, 2.75) is 12.3 Å². The van der Waals surface area contributed by atoms with Crippen LogP contribution < -0.4 is 5.32 Å². The minimum absolute atomic E-state index is 0.192. The van der Waals surface area contributed by atoms with E-state index in [0.29, 0.717) is 5.92 Å². The molecule has 0 amide bonds. The van der Waals surface area contributed by atoms with E-state index in [1.165, 1.54) is 28.8 Å². The Morgan fingerprint density at radius 2 is 1.84 bits per heavy atom. The molecule has 1 saturated heterocycles. The molecule has 2 nitrogen and oxygen atoms in total. The first-order valence-electron chi connectivity index (χ1n) is 8.99. The number of hydrogen-bond donors (Lipinski definition) is 1. The van der Waals surface area contributed by atoms with Crippen LogP contribution in [0.1, 0.15) is 17.9 Å². The highest BCUT2D eigenvalue weighted by Crippen LogP contribution is 2.32. The molecule has 0 spiro atoms. The average Bonchev–Trinajstić information content (AvgIpc) is 3.10. The Bertz CT molecular complexity index is 856. The summed E-state index contributed by atoms with van der Waals surface area (Å²) < 4.78 is 13.2. The van der Waals surface area contributed by atoms with Gasteiger partial charge in [0.15, 0.2) is 0 Å². The highest BCUT2D eigenvalue weighted by Gasteiger charge is 2.24. The van der Waals surface area contributed by atoms with Crippen LogP contribution >= 0.6 is 0 Å². The van der Waals surface area contributed by atoms with Crippen LogP contribution in [0.5, 0.6) is 0 Å². The Balaban J connectivity index is 1.36. The summed E-state index contributed by atoms with van der Waals surface area (Å²) in [6.07, 6.45) is 1.20. The van der Waals surface area contributed by atoms with Crippen molar-refractivity contribution in [3.8, 4) is 0 Å². The van der Waals surface area contributed by atoms with Gasteiger partial charge < -0.3 is 10.2 Å². The van der Waals surface area contributed by atoms with Gasteiger partial charge in [0, 0.05) is 25.3 Å². The second kappa shape index (κ2) is 7.24. The van der Waals surface area contributed by atoms with Gasteiger partial charge in [0.2, 0.25) is 0 Å². The lowest BCUT2D eigenvalue weighted by molar-refractivity contribution is 0.348. The molecular formula is C22H23FN2. The molecular weight excluding hydrogens is 311 g/mol. The van der Waals surface area contributed by atoms with Gasteiger partial charge >= 0.3 is 0 Å². The molecule has 3 heteroatoms. The summed E-state index contributed by atoms with van der Waals surface area (Å²) in [7, 11) is 0. The summed E-state index contributed by atoms with van der Waals surface area (Å²) in [5.74, 6) is 0.405.